The summed E-state index contributed by atoms with van der Waals surface area (Å²) in [5.41, 5.74) is 9.19. The van der Waals surface area contributed by atoms with Crippen LogP contribution in [0.15, 0.2) is 59.5 Å². The number of anilines is 2. The molecule has 0 aliphatic carbocycles. The number of rotatable bonds is 7. The number of nitrogens with two attached hydrogens (primary N) is 1. The summed E-state index contributed by atoms with van der Waals surface area (Å²) in [4.78, 5) is 29.7. The van der Waals surface area contributed by atoms with E-state index >= 15 is 0 Å². The first-order chi connectivity index (χ1) is 16.6. The average molecular weight is 459 g/mol. The molecule has 0 radical (unpaired) electrons. The molecule has 1 aliphatic rings. The van der Waals surface area contributed by atoms with Gasteiger partial charge < -0.3 is 16.0 Å². The molecular weight excluding hydrogens is 428 g/mol. The number of imidazole rings is 1. The van der Waals surface area contributed by atoms with Gasteiger partial charge in [-0.15, -0.1) is 0 Å². The van der Waals surface area contributed by atoms with Crippen molar-refractivity contribution < 1.29 is 0 Å². The summed E-state index contributed by atoms with van der Waals surface area (Å²) in [6, 6.07) is 16.1. The Morgan fingerprint density at radius 2 is 1.94 bits per heavy atom. The number of hydrogen-bond acceptors (Lipinski definition) is 7. The smallest absolute Gasteiger partial charge is 0.281 e. The maximum absolute atomic E-state index is 13.5. The lowest BCUT2D eigenvalue weighted by Crippen LogP contribution is -2.44. The maximum atomic E-state index is 13.5. The summed E-state index contributed by atoms with van der Waals surface area (Å²) >= 11 is 0. The Kier molecular flexibility index (Phi) is 6.27. The van der Waals surface area contributed by atoms with Gasteiger partial charge in [0.2, 0.25) is 11.9 Å². The van der Waals surface area contributed by atoms with E-state index in [-0.39, 0.29) is 11.6 Å². The summed E-state index contributed by atoms with van der Waals surface area (Å²) in [6.45, 7) is 2.73. The predicted molar refractivity (Wildman–Crippen MR) is 134 cm³/mol. The van der Waals surface area contributed by atoms with Crippen molar-refractivity contribution in [3.8, 4) is 0 Å². The van der Waals surface area contributed by atoms with Crippen LogP contribution in [0, 0.1) is 0 Å². The molecule has 9 nitrogen and oxygen atoms in total. The van der Waals surface area contributed by atoms with Gasteiger partial charge in [0.15, 0.2) is 11.2 Å². The molecular formula is C25H30N8O. The van der Waals surface area contributed by atoms with Crippen LogP contribution in [-0.4, -0.2) is 49.8 Å². The van der Waals surface area contributed by atoms with E-state index in [0.29, 0.717) is 36.7 Å². The molecule has 1 atom stereocenters. The van der Waals surface area contributed by atoms with E-state index in [1.54, 1.807) is 17.8 Å². The lowest BCUT2D eigenvalue weighted by atomic mass is 10.1. The van der Waals surface area contributed by atoms with Gasteiger partial charge in [0.05, 0.1) is 6.54 Å². The Morgan fingerprint density at radius 3 is 2.71 bits per heavy atom. The second kappa shape index (κ2) is 9.64. The van der Waals surface area contributed by atoms with Crippen molar-refractivity contribution in [3.63, 3.8) is 0 Å². The predicted octanol–water partition coefficient (Wildman–Crippen LogP) is 2.16. The molecule has 0 bridgehead atoms. The van der Waals surface area contributed by atoms with Crippen molar-refractivity contribution >= 4 is 23.1 Å². The Balaban J connectivity index is 1.52. The second-order valence-electron chi connectivity index (χ2n) is 8.80. The summed E-state index contributed by atoms with van der Waals surface area (Å²) < 4.78 is 3.56. The van der Waals surface area contributed by atoms with Gasteiger partial charge in [0.1, 0.15) is 0 Å². The SMILES string of the molecule is Cn1c(NCCc2ccccn2)nc2nc(N3CCCC(N)C3)n(Cc3ccccc3)c2c1=O. The van der Waals surface area contributed by atoms with E-state index in [0.717, 1.165) is 43.0 Å². The highest BCUT2D eigenvalue weighted by atomic mass is 16.1. The second-order valence-corrected chi connectivity index (χ2v) is 8.80. The first-order valence-corrected chi connectivity index (χ1v) is 11.8. The minimum absolute atomic E-state index is 0.0957. The molecule has 0 amide bonds. The molecule has 1 fully saturated rings. The lowest BCUT2D eigenvalue weighted by molar-refractivity contribution is 0.495. The van der Waals surface area contributed by atoms with Crippen LogP contribution < -0.4 is 21.5 Å². The van der Waals surface area contributed by atoms with Gasteiger partial charge in [-0.1, -0.05) is 36.4 Å². The first kappa shape index (κ1) is 22.1. The molecule has 1 unspecified atom stereocenters. The number of nitrogens with zero attached hydrogens (tertiary/aromatic N) is 6. The molecule has 0 spiro atoms. The summed E-state index contributed by atoms with van der Waals surface area (Å²) in [6.07, 6.45) is 4.51. The molecule has 4 aromatic rings. The maximum Gasteiger partial charge on any atom is 0.281 e. The Labute approximate surface area is 198 Å². The van der Waals surface area contributed by atoms with E-state index < -0.39 is 0 Å². The number of nitrogens with one attached hydrogen (secondary N) is 1. The number of benzene rings is 1. The van der Waals surface area contributed by atoms with Gasteiger partial charge in [-0.2, -0.15) is 9.97 Å². The molecule has 1 aliphatic heterocycles. The van der Waals surface area contributed by atoms with Crippen LogP contribution in [0.2, 0.25) is 0 Å². The van der Waals surface area contributed by atoms with Gasteiger partial charge in [-0.3, -0.25) is 18.9 Å². The molecule has 9 heteroatoms. The average Bonchev–Trinajstić information content (AvgIpc) is 3.21. The molecule has 1 saturated heterocycles. The quantitative estimate of drug-likeness (QED) is 0.437. The zero-order chi connectivity index (χ0) is 23.5. The normalized spacial score (nSPS) is 16.2. The zero-order valence-electron chi connectivity index (χ0n) is 19.4. The molecule has 3 aromatic heterocycles. The third-order valence-corrected chi connectivity index (χ3v) is 6.28. The van der Waals surface area contributed by atoms with Crippen LogP contribution in [0.1, 0.15) is 24.1 Å². The van der Waals surface area contributed by atoms with Crippen molar-refractivity contribution in [2.45, 2.75) is 31.8 Å². The number of pyridine rings is 1. The van der Waals surface area contributed by atoms with Gasteiger partial charge in [-0.25, -0.2) is 0 Å². The highest BCUT2D eigenvalue weighted by Gasteiger charge is 2.25. The monoisotopic (exact) mass is 458 g/mol. The minimum Gasteiger partial charge on any atom is -0.355 e. The van der Waals surface area contributed by atoms with Crippen LogP contribution in [0.5, 0.6) is 0 Å². The van der Waals surface area contributed by atoms with Crippen molar-refractivity contribution in [2.24, 2.45) is 12.8 Å². The Bertz CT molecular complexity index is 1320. The van der Waals surface area contributed by atoms with Crippen LogP contribution >= 0.6 is 0 Å². The van der Waals surface area contributed by atoms with Crippen molar-refractivity contribution in [3.05, 3.63) is 76.3 Å². The van der Waals surface area contributed by atoms with Gasteiger partial charge in [0.25, 0.3) is 5.56 Å². The standard InChI is InChI=1S/C25H30N8O/c1-31-23(34)21-22(29-24(31)28-14-12-20-11-5-6-13-27-20)30-25(32-15-7-10-19(26)17-32)33(21)16-18-8-3-2-4-9-18/h2-6,8-9,11,13,19H,7,10,12,14-17,26H2,1H3,(H,28,29). The third kappa shape index (κ3) is 4.51. The van der Waals surface area contributed by atoms with Gasteiger partial charge >= 0.3 is 0 Å². The van der Waals surface area contributed by atoms with E-state index in [1.165, 1.54) is 0 Å². The number of hydrogen-bond donors (Lipinski definition) is 2. The Morgan fingerprint density at radius 1 is 1.12 bits per heavy atom. The van der Waals surface area contributed by atoms with Crippen LogP contribution in [0.3, 0.4) is 0 Å². The fraction of sp³-hybridized carbons (Fsp3) is 0.360. The van der Waals surface area contributed by atoms with E-state index in [1.807, 2.05) is 41.0 Å². The molecule has 5 rings (SSSR count). The number of aromatic nitrogens is 5. The van der Waals surface area contributed by atoms with Gasteiger partial charge in [0, 0.05) is 51.0 Å². The summed E-state index contributed by atoms with van der Waals surface area (Å²) in [5.74, 6) is 1.25. The highest BCUT2D eigenvalue weighted by Crippen LogP contribution is 2.24. The van der Waals surface area contributed by atoms with Crippen LogP contribution in [0.25, 0.3) is 11.2 Å². The van der Waals surface area contributed by atoms with Crippen molar-refractivity contribution in [2.75, 3.05) is 29.9 Å². The van der Waals surface area contributed by atoms with E-state index in [4.69, 9.17) is 15.7 Å². The summed E-state index contributed by atoms with van der Waals surface area (Å²) in [7, 11) is 1.74. The van der Waals surface area contributed by atoms with Crippen molar-refractivity contribution in [1.82, 2.24) is 24.1 Å². The van der Waals surface area contributed by atoms with E-state index in [2.05, 4.69) is 27.3 Å². The number of piperidine rings is 1. The zero-order valence-corrected chi connectivity index (χ0v) is 19.4. The molecule has 1 aromatic carbocycles. The first-order valence-electron chi connectivity index (χ1n) is 11.8. The fourth-order valence-corrected chi connectivity index (χ4v) is 4.50. The van der Waals surface area contributed by atoms with Gasteiger partial charge in [-0.05, 0) is 30.5 Å². The summed E-state index contributed by atoms with van der Waals surface area (Å²) in [5, 5.41) is 3.29. The fourth-order valence-electron chi connectivity index (χ4n) is 4.50. The highest BCUT2D eigenvalue weighted by molar-refractivity contribution is 5.75. The third-order valence-electron chi connectivity index (χ3n) is 6.28. The lowest BCUT2D eigenvalue weighted by Gasteiger charge is -2.31. The molecule has 0 saturated carbocycles. The molecule has 34 heavy (non-hydrogen) atoms. The molecule has 3 N–H and O–H groups in total. The molecule has 4 heterocycles. The molecule has 176 valence electrons. The number of fused-ring (bicyclic) bond motifs is 1. The Hall–Kier alpha value is -3.72. The topological polar surface area (TPSA) is 107 Å². The van der Waals surface area contributed by atoms with E-state index in [9.17, 15) is 4.79 Å². The largest absolute Gasteiger partial charge is 0.355 e. The minimum atomic E-state index is -0.124. The van der Waals surface area contributed by atoms with Crippen molar-refractivity contribution in [1.29, 1.82) is 0 Å². The van der Waals surface area contributed by atoms with Crippen LogP contribution in [-0.2, 0) is 20.0 Å². The van der Waals surface area contributed by atoms with Crippen LogP contribution in [0.4, 0.5) is 11.9 Å².